The molecule has 2 amide bonds. The van der Waals surface area contributed by atoms with Gasteiger partial charge >= 0.3 is 6.18 Å². The zero-order chi connectivity index (χ0) is 15.6. The lowest BCUT2D eigenvalue weighted by molar-refractivity contribution is -0.137. The molecule has 1 aromatic rings. The molecule has 2 aliphatic carbocycles. The van der Waals surface area contributed by atoms with Crippen LogP contribution in [0.3, 0.4) is 0 Å². The number of carbonyl (C=O) groups is 2. The van der Waals surface area contributed by atoms with Gasteiger partial charge in [-0.2, -0.15) is 13.2 Å². The molecule has 6 heteroatoms. The van der Waals surface area contributed by atoms with E-state index in [2.05, 4.69) is 0 Å². The average Bonchev–Trinajstić information content (AvgIpc) is 3.12. The lowest BCUT2D eigenvalue weighted by Crippen LogP contribution is -2.32. The number of imide groups is 1. The monoisotopic (exact) mass is 307 g/mol. The Balaban J connectivity index is 1.67. The Morgan fingerprint density at radius 2 is 1.41 bits per heavy atom. The lowest BCUT2D eigenvalue weighted by Gasteiger charge is -2.18. The fourth-order valence-corrected chi connectivity index (χ4v) is 3.96. The van der Waals surface area contributed by atoms with Crippen LogP contribution in [0.4, 0.5) is 18.9 Å². The van der Waals surface area contributed by atoms with Gasteiger partial charge in [0.2, 0.25) is 11.8 Å². The van der Waals surface area contributed by atoms with Gasteiger partial charge in [0.15, 0.2) is 0 Å². The molecule has 3 aliphatic rings. The molecule has 1 heterocycles. The number of anilines is 1. The van der Waals surface area contributed by atoms with Gasteiger partial charge in [0.05, 0.1) is 23.1 Å². The highest BCUT2D eigenvalue weighted by Crippen LogP contribution is 2.53. The fraction of sp³-hybridized carbons (Fsp3) is 0.375. The quantitative estimate of drug-likeness (QED) is 0.591. The number of rotatable bonds is 1. The highest BCUT2D eigenvalue weighted by molar-refractivity contribution is 6.22. The molecule has 0 N–H and O–H groups in total. The first kappa shape index (κ1) is 13.5. The lowest BCUT2D eigenvalue weighted by atomic mass is 9.85. The zero-order valence-corrected chi connectivity index (χ0v) is 11.4. The van der Waals surface area contributed by atoms with Crippen molar-refractivity contribution >= 4 is 17.5 Å². The smallest absolute Gasteiger partial charge is 0.274 e. The van der Waals surface area contributed by atoms with Crippen LogP contribution in [0.25, 0.3) is 0 Å². The summed E-state index contributed by atoms with van der Waals surface area (Å²) in [5, 5.41) is 0. The van der Waals surface area contributed by atoms with Gasteiger partial charge in [-0.15, -0.1) is 0 Å². The maximum absolute atomic E-state index is 12.6. The standard InChI is InChI=1S/C16H12F3NO2/c17-16(18,19)10-3-5-11(6-4-10)20-14(21)12-8-1-2-9(7-8)13(12)15(20)22/h1-6,8-9,12-13H,7H2. The van der Waals surface area contributed by atoms with Crippen LogP contribution in [-0.4, -0.2) is 11.8 Å². The molecular weight excluding hydrogens is 295 g/mol. The molecule has 3 nitrogen and oxygen atoms in total. The minimum absolute atomic E-state index is 0.0888. The van der Waals surface area contributed by atoms with Gasteiger partial charge in [0, 0.05) is 0 Å². The summed E-state index contributed by atoms with van der Waals surface area (Å²) in [7, 11) is 0. The van der Waals surface area contributed by atoms with Crippen molar-refractivity contribution < 1.29 is 22.8 Å². The number of halogens is 3. The average molecular weight is 307 g/mol. The van der Waals surface area contributed by atoms with E-state index in [1.54, 1.807) is 0 Å². The van der Waals surface area contributed by atoms with Crippen molar-refractivity contribution in [2.24, 2.45) is 23.7 Å². The summed E-state index contributed by atoms with van der Waals surface area (Å²) in [6.45, 7) is 0. The zero-order valence-electron chi connectivity index (χ0n) is 11.4. The number of carbonyl (C=O) groups excluding carboxylic acids is 2. The molecule has 1 saturated carbocycles. The molecule has 0 radical (unpaired) electrons. The highest BCUT2D eigenvalue weighted by Gasteiger charge is 2.59. The maximum Gasteiger partial charge on any atom is 0.416 e. The number of amides is 2. The Bertz CT molecular complexity index is 662. The van der Waals surface area contributed by atoms with E-state index in [0.717, 1.165) is 23.5 Å². The second-order valence-electron chi connectivity index (χ2n) is 6.06. The van der Waals surface area contributed by atoms with E-state index >= 15 is 0 Å². The van der Waals surface area contributed by atoms with E-state index < -0.39 is 11.7 Å². The number of nitrogens with zero attached hydrogens (tertiary/aromatic N) is 1. The predicted molar refractivity (Wildman–Crippen MR) is 71.7 cm³/mol. The van der Waals surface area contributed by atoms with Crippen molar-refractivity contribution in [3.63, 3.8) is 0 Å². The Labute approximate surface area is 124 Å². The summed E-state index contributed by atoms with van der Waals surface area (Å²) >= 11 is 0. The SMILES string of the molecule is O=C1C2C3C=CC(C3)C2C(=O)N1c1ccc(C(F)(F)F)cc1. The first-order chi connectivity index (χ1) is 10.4. The molecule has 0 aromatic heterocycles. The molecule has 0 spiro atoms. The van der Waals surface area contributed by atoms with E-state index in [1.807, 2.05) is 12.2 Å². The Morgan fingerprint density at radius 1 is 0.909 bits per heavy atom. The van der Waals surface area contributed by atoms with E-state index in [4.69, 9.17) is 0 Å². The molecule has 1 aromatic carbocycles. The third kappa shape index (κ3) is 1.69. The molecule has 1 saturated heterocycles. The number of fused-ring (bicyclic) bond motifs is 5. The van der Waals surface area contributed by atoms with Crippen LogP contribution in [-0.2, 0) is 15.8 Å². The first-order valence-corrected chi connectivity index (χ1v) is 7.11. The van der Waals surface area contributed by atoms with Crippen LogP contribution in [0.2, 0.25) is 0 Å². The van der Waals surface area contributed by atoms with Crippen molar-refractivity contribution in [3.05, 3.63) is 42.0 Å². The number of hydrogen-bond donors (Lipinski definition) is 0. The minimum atomic E-state index is -4.43. The van der Waals surface area contributed by atoms with Gasteiger partial charge in [0.1, 0.15) is 0 Å². The van der Waals surface area contributed by atoms with E-state index in [9.17, 15) is 22.8 Å². The van der Waals surface area contributed by atoms with E-state index in [-0.39, 0.29) is 41.2 Å². The van der Waals surface area contributed by atoms with Crippen molar-refractivity contribution in [3.8, 4) is 0 Å². The summed E-state index contributed by atoms with van der Waals surface area (Å²) in [5.41, 5.74) is -0.575. The summed E-state index contributed by atoms with van der Waals surface area (Å²) in [6, 6.07) is 4.18. The summed E-state index contributed by atoms with van der Waals surface area (Å²) in [4.78, 5) is 26.1. The number of allylic oxidation sites excluding steroid dienone is 2. The van der Waals surface area contributed by atoms with Crippen LogP contribution >= 0.6 is 0 Å². The van der Waals surface area contributed by atoms with Gasteiger partial charge in [-0.1, -0.05) is 12.2 Å². The van der Waals surface area contributed by atoms with Crippen molar-refractivity contribution in [2.75, 3.05) is 4.90 Å². The van der Waals surface area contributed by atoms with Gasteiger partial charge in [0.25, 0.3) is 0 Å². The van der Waals surface area contributed by atoms with Crippen LogP contribution in [0.1, 0.15) is 12.0 Å². The van der Waals surface area contributed by atoms with Crippen molar-refractivity contribution in [1.82, 2.24) is 0 Å². The van der Waals surface area contributed by atoms with Crippen LogP contribution < -0.4 is 4.90 Å². The van der Waals surface area contributed by atoms with Gasteiger partial charge < -0.3 is 0 Å². The highest BCUT2D eigenvalue weighted by atomic mass is 19.4. The summed E-state index contributed by atoms with van der Waals surface area (Å²) in [6.07, 6.45) is 0.352. The molecule has 4 atom stereocenters. The fourth-order valence-electron chi connectivity index (χ4n) is 3.96. The molecule has 2 fully saturated rings. The van der Waals surface area contributed by atoms with Crippen LogP contribution in [0, 0.1) is 23.7 Å². The minimum Gasteiger partial charge on any atom is -0.274 e. The van der Waals surface area contributed by atoms with Gasteiger partial charge in [-0.05, 0) is 42.5 Å². The number of benzene rings is 1. The molecule has 1 aliphatic heterocycles. The van der Waals surface area contributed by atoms with Crippen molar-refractivity contribution in [1.29, 1.82) is 0 Å². The first-order valence-electron chi connectivity index (χ1n) is 7.11. The van der Waals surface area contributed by atoms with Gasteiger partial charge in [-0.25, -0.2) is 0 Å². The Morgan fingerprint density at radius 3 is 1.86 bits per heavy atom. The normalized spacial score (nSPS) is 33.0. The van der Waals surface area contributed by atoms with E-state index in [1.165, 1.54) is 12.1 Å². The third-order valence-corrected chi connectivity index (χ3v) is 4.92. The molecular formula is C16H12F3NO2. The second-order valence-corrected chi connectivity index (χ2v) is 6.06. The molecule has 2 bridgehead atoms. The summed E-state index contributed by atoms with van der Waals surface area (Å²) < 4.78 is 37.8. The van der Waals surface area contributed by atoms with Crippen LogP contribution in [0.5, 0.6) is 0 Å². The second kappa shape index (κ2) is 4.21. The number of alkyl halides is 3. The maximum atomic E-state index is 12.6. The van der Waals surface area contributed by atoms with E-state index in [0.29, 0.717) is 0 Å². The largest absolute Gasteiger partial charge is 0.416 e. The molecule has 4 rings (SSSR count). The summed E-state index contributed by atoms with van der Waals surface area (Å²) in [5.74, 6) is -1.08. The topological polar surface area (TPSA) is 37.4 Å². The van der Waals surface area contributed by atoms with Crippen molar-refractivity contribution in [2.45, 2.75) is 12.6 Å². The van der Waals surface area contributed by atoms with Crippen LogP contribution in [0.15, 0.2) is 36.4 Å². The Hall–Kier alpha value is -2.11. The molecule has 4 unspecified atom stereocenters. The molecule has 22 heavy (non-hydrogen) atoms. The Kier molecular flexibility index (Phi) is 2.59. The number of hydrogen-bond acceptors (Lipinski definition) is 2. The third-order valence-electron chi connectivity index (χ3n) is 4.92. The van der Waals surface area contributed by atoms with Gasteiger partial charge in [-0.3, -0.25) is 14.5 Å². The molecule has 114 valence electrons. The predicted octanol–water partition coefficient (Wildman–Crippen LogP) is 3.02.